The number of rotatable bonds is 8. The summed E-state index contributed by atoms with van der Waals surface area (Å²) in [6.07, 6.45) is 4.07. The van der Waals surface area contributed by atoms with Crippen LogP contribution in [0.3, 0.4) is 0 Å². The minimum Gasteiger partial charge on any atom is -0.381 e. The standard InChI is InChI=1S/C15H30N2O/c1-8-17(7)10-9-14(3,4)11-15(5,6)12-16-13(2)18/h8H,1,9-12H2,2-7H3,(H,16,18). The molecule has 0 unspecified atom stereocenters. The van der Waals surface area contributed by atoms with Crippen LogP contribution in [0.4, 0.5) is 0 Å². The molecule has 0 spiro atoms. The minimum absolute atomic E-state index is 0.0484. The molecule has 0 bridgehead atoms. The molecule has 0 aromatic heterocycles. The average Bonchev–Trinajstić information content (AvgIpc) is 2.22. The molecule has 0 heterocycles. The van der Waals surface area contributed by atoms with Crippen molar-refractivity contribution in [2.24, 2.45) is 10.8 Å². The van der Waals surface area contributed by atoms with Gasteiger partial charge < -0.3 is 10.2 Å². The van der Waals surface area contributed by atoms with Gasteiger partial charge in [0.1, 0.15) is 0 Å². The molecule has 1 N–H and O–H groups in total. The summed E-state index contributed by atoms with van der Waals surface area (Å²) in [6.45, 7) is 16.1. The van der Waals surface area contributed by atoms with E-state index in [2.05, 4.69) is 44.5 Å². The minimum atomic E-state index is 0.0484. The van der Waals surface area contributed by atoms with E-state index in [0.717, 1.165) is 25.9 Å². The van der Waals surface area contributed by atoms with Crippen molar-refractivity contribution < 1.29 is 4.79 Å². The van der Waals surface area contributed by atoms with Gasteiger partial charge in [-0.2, -0.15) is 0 Å². The van der Waals surface area contributed by atoms with Crippen LogP contribution in [0.15, 0.2) is 12.8 Å². The molecular weight excluding hydrogens is 224 g/mol. The molecule has 0 aliphatic carbocycles. The Balaban J connectivity index is 4.27. The third kappa shape index (κ3) is 8.15. The maximum atomic E-state index is 11.0. The lowest BCUT2D eigenvalue weighted by Gasteiger charge is -2.36. The summed E-state index contributed by atoms with van der Waals surface area (Å²) in [5.74, 6) is 0.0484. The molecule has 106 valence electrons. The topological polar surface area (TPSA) is 32.3 Å². The van der Waals surface area contributed by atoms with Crippen LogP contribution in [0.2, 0.25) is 0 Å². The Kier molecular flexibility index (Phi) is 6.44. The quantitative estimate of drug-likeness (QED) is 0.722. The van der Waals surface area contributed by atoms with Crippen molar-refractivity contribution in [2.75, 3.05) is 20.1 Å². The highest BCUT2D eigenvalue weighted by molar-refractivity contribution is 5.72. The van der Waals surface area contributed by atoms with Crippen molar-refractivity contribution in [1.82, 2.24) is 10.2 Å². The van der Waals surface area contributed by atoms with Crippen molar-refractivity contribution in [1.29, 1.82) is 0 Å². The summed E-state index contributed by atoms with van der Waals surface area (Å²) in [5, 5.41) is 2.92. The molecule has 0 aromatic carbocycles. The Hall–Kier alpha value is -0.990. The molecule has 0 radical (unpaired) electrons. The van der Waals surface area contributed by atoms with Crippen molar-refractivity contribution in [3.63, 3.8) is 0 Å². The number of nitrogens with zero attached hydrogens (tertiary/aromatic N) is 1. The third-order valence-corrected chi connectivity index (χ3v) is 3.23. The second-order valence-corrected chi connectivity index (χ2v) is 6.83. The molecule has 0 aromatic rings. The summed E-state index contributed by atoms with van der Waals surface area (Å²) >= 11 is 0. The van der Waals surface area contributed by atoms with Gasteiger partial charge in [-0.3, -0.25) is 4.79 Å². The second kappa shape index (κ2) is 6.81. The summed E-state index contributed by atoms with van der Waals surface area (Å²) in [7, 11) is 2.05. The van der Waals surface area contributed by atoms with E-state index < -0.39 is 0 Å². The van der Waals surface area contributed by atoms with Crippen molar-refractivity contribution in [2.45, 2.75) is 47.5 Å². The van der Waals surface area contributed by atoms with Crippen molar-refractivity contribution in [3.05, 3.63) is 12.8 Å². The molecule has 0 saturated carbocycles. The maximum absolute atomic E-state index is 11.0. The fourth-order valence-electron chi connectivity index (χ4n) is 2.38. The lowest BCUT2D eigenvalue weighted by atomic mass is 9.73. The van der Waals surface area contributed by atoms with Crippen LogP contribution in [0.1, 0.15) is 47.5 Å². The van der Waals surface area contributed by atoms with E-state index in [1.807, 2.05) is 13.2 Å². The highest BCUT2D eigenvalue weighted by atomic mass is 16.1. The molecule has 1 amide bonds. The van der Waals surface area contributed by atoms with E-state index in [9.17, 15) is 4.79 Å². The van der Waals surface area contributed by atoms with Gasteiger partial charge in [-0.25, -0.2) is 0 Å². The molecule has 3 nitrogen and oxygen atoms in total. The zero-order valence-corrected chi connectivity index (χ0v) is 13.0. The van der Waals surface area contributed by atoms with Gasteiger partial charge in [-0.1, -0.05) is 34.3 Å². The summed E-state index contributed by atoms with van der Waals surface area (Å²) in [6, 6.07) is 0. The normalized spacial score (nSPS) is 12.1. The van der Waals surface area contributed by atoms with Crippen LogP contribution >= 0.6 is 0 Å². The second-order valence-electron chi connectivity index (χ2n) is 6.83. The first-order valence-electron chi connectivity index (χ1n) is 6.65. The molecule has 0 atom stereocenters. The third-order valence-electron chi connectivity index (χ3n) is 3.23. The summed E-state index contributed by atoms with van der Waals surface area (Å²) < 4.78 is 0. The van der Waals surface area contributed by atoms with Crippen LogP contribution < -0.4 is 5.32 Å². The first-order valence-corrected chi connectivity index (χ1v) is 6.65. The predicted octanol–water partition coefficient (Wildman–Crippen LogP) is 3.03. The van der Waals surface area contributed by atoms with Crippen LogP contribution in [-0.2, 0) is 4.79 Å². The Labute approximate surface area is 113 Å². The molecule has 0 saturated heterocycles. The van der Waals surface area contributed by atoms with E-state index in [4.69, 9.17) is 0 Å². The summed E-state index contributed by atoms with van der Waals surface area (Å²) in [4.78, 5) is 13.1. The number of nitrogens with one attached hydrogen (secondary N) is 1. The fraction of sp³-hybridized carbons (Fsp3) is 0.800. The van der Waals surface area contributed by atoms with Crippen molar-refractivity contribution in [3.8, 4) is 0 Å². The predicted molar refractivity (Wildman–Crippen MR) is 78.3 cm³/mol. The number of hydrogen-bond donors (Lipinski definition) is 1. The Morgan fingerprint density at radius 2 is 1.83 bits per heavy atom. The molecule has 0 aliphatic rings. The molecule has 18 heavy (non-hydrogen) atoms. The van der Waals surface area contributed by atoms with Gasteiger partial charge in [-0.15, -0.1) is 0 Å². The lowest BCUT2D eigenvalue weighted by Crippen LogP contribution is -2.36. The van der Waals surface area contributed by atoms with Gasteiger partial charge in [0.15, 0.2) is 0 Å². The molecule has 0 fully saturated rings. The van der Waals surface area contributed by atoms with E-state index in [1.54, 1.807) is 6.92 Å². The first-order chi connectivity index (χ1) is 8.08. The SMILES string of the molecule is C=CN(C)CCC(C)(C)CC(C)(C)CNC(C)=O. The highest BCUT2D eigenvalue weighted by Gasteiger charge is 2.28. The number of amides is 1. The van der Waals surface area contributed by atoms with E-state index in [-0.39, 0.29) is 16.7 Å². The van der Waals surface area contributed by atoms with Crippen LogP contribution in [-0.4, -0.2) is 30.9 Å². The Bertz CT molecular complexity index is 282. The van der Waals surface area contributed by atoms with Gasteiger partial charge in [0.05, 0.1) is 0 Å². The van der Waals surface area contributed by atoms with Gasteiger partial charge in [0, 0.05) is 27.1 Å². The molecular formula is C15H30N2O. The first kappa shape index (κ1) is 17.0. The van der Waals surface area contributed by atoms with E-state index >= 15 is 0 Å². The van der Waals surface area contributed by atoms with Crippen LogP contribution in [0.25, 0.3) is 0 Å². The van der Waals surface area contributed by atoms with Crippen molar-refractivity contribution >= 4 is 5.91 Å². The fourth-order valence-corrected chi connectivity index (χ4v) is 2.38. The average molecular weight is 254 g/mol. The monoisotopic (exact) mass is 254 g/mol. The van der Waals surface area contributed by atoms with Crippen LogP contribution in [0, 0.1) is 10.8 Å². The number of carbonyl (C=O) groups excluding carboxylic acids is 1. The van der Waals surface area contributed by atoms with Gasteiger partial charge in [-0.05, 0) is 29.9 Å². The maximum Gasteiger partial charge on any atom is 0.216 e. The smallest absolute Gasteiger partial charge is 0.216 e. The van der Waals surface area contributed by atoms with Gasteiger partial charge in [0.2, 0.25) is 5.91 Å². The number of carbonyl (C=O) groups is 1. The van der Waals surface area contributed by atoms with Gasteiger partial charge >= 0.3 is 0 Å². The molecule has 0 aliphatic heterocycles. The van der Waals surface area contributed by atoms with Gasteiger partial charge in [0.25, 0.3) is 0 Å². The Morgan fingerprint density at radius 1 is 1.28 bits per heavy atom. The molecule has 3 heteroatoms. The van der Waals surface area contributed by atoms with Crippen LogP contribution in [0.5, 0.6) is 0 Å². The summed E-state index contributed by atoms with van der Waals surface area (Å²) in [5.41, 5.74) is 0.390. The zero-order chi connectivity index (χ0) is 14.4. The lowest BCUT2D eigenvalue weighted by molar-refractivity contribution is -0.119. The van der Waals surface area contributed by atoms with E-state index in [1.165, 1.54) is 0 Å². The largest absolute Gasteiger partial charge is 0.381 e. The zero-order valence-electron chi connectivity index (χ0n) is 13.0. The number of hydrogen-bond acceptors (Lipinski definition) is 2. The van der Waals surface area contributed by atoms with E-state index in [0.29, 0.717) is 0 Å². The highest BCUT2D eigenvalue weighted by Crippen LogP contribution is 2.35. The molecule has 0 rings (SSSR count). The Morgan fingerprint density at radius 3 is 2.28 bits per heavy atom.